The van der Waals surface area contributed by atoms with Gasteiger partial charge in [0.25, 0.3) is 0 Å². The Morgan fingerprint density at radius 2 is 1.54 bits per heavy atom. The number of β-amino-alcohol motifs (C(OH)–C–C–N with tert-alkyl or cyclic N) is 1. The first-order valence-electron chi connectivity index (χ1n) is 13.5. The predicted molar refractivity (Wildman–Crippen MR) is 157 cm³/mol. The lowest BCUT2D eigenvalue weighted by molar-refractivity contribution is 0.0453. The number of nitrogens with zero attached hydrogens (tertiary/aromatic N) is 5. The highest BCUT2D eigenvalue weighted by Gasteiger charge is 2.20. The van der Waals surface area contributed by atoms with E-state index >= 15 is 0 Å². The molecule has 1 aliphatic rings. The molecule has 0 aliphatic carbocycles. The Labute approximate surface area is 232 Å². The van der Waals surface area contributed by atoms with Crippen LogP contribution in [0.3, 0.4) is 0 Å². The van der Waals surface area contributed by atoms with E-state index in [9.17, 15) is 5.11 Å². The Hall–Kier alpha value is -3.56. The Kier molecular flexibility index (Phi) is 7.97. The second-order valence-corrected chi connectivity index (χ2v) is 11.0. The average molecular weight is 540 g/mol. The Balaban J connectivity index is 0.930. The number of hydrogen-bond acceptors (Lipinski definition) is 7. The highest BCUT2D eigenvalue weighted by molar-refractivity contribution is 7.21. The largest absolute Gasteiger partial charge is 0.491 e. The molecular weight excluding hydrogens is 506 g/mol. The quantitative estimate of drug-likeness (QED) is 0.273. The van der Waals surface area contributed by atoms with Crippen molar-refractivity contribution in [3.8, 4) is 27.4 Å². The Morgan fingerprint density at radius 3 is 2.31 bits per heavy atom. The van der Waals surface area contributed by atoms with Crippen molar-refractivity contribution >= 4 is 21.6 Å². The summed E-state index contributed by atoms with van der Waals surface area (Å²) >= 11 is 1.68. The number of hydrogen-bond donors (Lipinski definition) is 1. The lowest BCUT2D eigenvalue weighted by atomic mass is 10.1. The van der Waals surface area contributed by atoms with Gasteiger partial charge in [0.1, 0.15) is 23.5 Å². The molecule has 7 nitrogen and oxygen atoms in total. The van der Waals surface area contributed by atoms with Gasteiger partial charge in [-0.25, -0.2) is 4.98 Å². The fourth-order valence-electron chi connectivity index (χ4n) is 4.95. The van der Waals surface area contributed by atoms with E-state index in [2.05, 4.69) is 57.5 Å². The number of fused-ring (bicyclic) bond motifs is 1. The first-order valence-corrected chi connectivity index (χ1v) is 14.3. The molecule has 200 valence electrons. The molecule has 6 rings (SSSR count). The number of benzene rings is 3. The number of ether oxygens (including phenoxy) is 1. The Morgan fingerprint density at radius 1 is 0.821 bits per heavy atom. The standard InChI is InChI=1S/C31H33N5O2S/c37-27(23-38-28-11-12-30-29(19-28)33-31(39-30)25-9-5-2-6-10-25)22-35-15-13-34(14-16-35)17-18-36-21-26(20-32-36)24-7-3-1-4-8-24/h1-12,19-21,27,37H,13-18,22-23H2/t27-/m0/s1. The maximum absolute atomic E-state index is 10.6. The van der Waals surface area contributed by atoms with E-state index in [0.29, 0.717) is 6.54 Å². The molecule has 3 heterocycles. The summed E-state index contributed by atoms with van der Waals surface area (Å²) < 4.78 is 9.10. The zero-order valence-electron chi connectivity index (χ0n) is 21.9. The SMILES string of the molecule is O[C@H](COc1ccc2sc(-c3ccccc3)nc2c1)CN1CCN(CCn2cc(-c3ccccc3)cn2)CC1. The van der Waals surface area contributed by atoms with Crippen LogP contribution < -0.4 is 4.74 Å². The van der Waals surface area contributed by atoms with Gasteiger partial charge in [-0.05, 0) is 17.7 Å². The van der Waals surface area contributed by atoms with Crippen molar-refractivity contribution in [2.75, 3.05) is 45.9 Å². The van der Waals surface area contributed by atoms with Crippen molar-refractivity contribution in [2.45, 2.75) is 12.6 Å². The number of aliphatic hydroxyl groups excluding tert-OH is 1. The van der Waals surface area contributed by atoms with Gasteiger partial charge in [-0.1, -0.05) is 60.7 Å². The highest BCUT2D eigenvalue weighted by atomic mass is 32.1. The predicted octanol–water partition coefficient (Wildman–Crippen LogP) is 4.88. The normalized spacial score (nSPS) is 15.5. The molecule has 1 saturated heterocycles. The van der Waals surface area contributed by atoms with Crippen LogP contribution in [0.5, 0.6) is 5.75 Å². The van der Waals surface area contributed by atoms with Gasteiger partial charge in [-0.15, -0.1) is 11.3 Å². The van der Waals surface area contributed by atoms with Crippen molar-refractivity contribution in [3.05, 3.63) is 91.3 Å². The van der Waals surface area contributed by atoms with Crippen LogP contribution in [0, 0.1) is 0 Å². The molecule has 1 atom stereocenters. The van der Waals surface area contributed by atoms with Gasteiger partial charge < -0.3 is 9.84 Å². The lowest BCUT2D eigenvalue weighted by Gasteiger charge is -2.35. The van der Waals surface area contributed by atoms with E-state index in [-0.39, 0.29) is 6.61 Å². The second-order valence-electron chi connectivity index (χ2n) is 9.98. The van der Waals surface area contributed by atoms with Crippen LogP contribution in [0.2, 0.25) is 0 Å². The summed E-state index contributed by atoms with van der Waals surface area (Å²) in [5.74, 6) is 0.741. The summed E-state index contributed by atoms with van der Waals surface area (Å²) in [7, 11) is 0. The van der Waals surface area contributed by atoms with Crippen LogP contribution in [0.1, 0.15) is 0 Å². The number of thiazole rings is 1. The summed E-state index contributed by atoms with van der Waals surface area (Å²) in [5, 5.41) is 16.2. The minimum atomic E-state index is -0.539. The number of piperazine rings is 1. The molecular formula is C31H33N5O2S. The van der Waals surface area contributed by atoms with Crippen molar-refractivity contribution < 1.29 is 9.84 Å². The number of aromatic nitrogens is 3. The van der Waals surface area contributed by atoms with Gasteiger partial charge in [0.05, 0.1) is 23.0 Å². The molecule has 39 heavy (non-hydrogen) atoms. The molecule has 1 fully saturated rings. The smallest absolute Gasteiger partial charge is 0.124 e. The molecule has 0 unspecified atom stereocenters. The van der Waals surface area contributed by atoms with Crippen molar-refractivity contribution in [2.24, 2.45) is 0 Å². The molecule has 0 bridgehead atoms. The van der Waals surface area contributed by atoms with E-state index in [0.717, 1.165) is 71.4 Å². The number of rotatable bonds is 10. The van der Waals surface area contributed by atoms with Crippen molar-refractivity contribution in [3.63, 3.8) is 0 Å². The van der Waals surface area contributed by atoms with Gasteiger partial charge in [0.15, 0.2) is 0 Å². The fourth-order valence-corrected chi connectivity index (χ4v) is 5.90. The maximum Gasteiger partial charge on any atom is 0.124 e. The second kappa shape index (κ2) is 12.1. The van der Waals surface area contributed by atoms with E-state index in [4.69, 9.17) is 9.72 Å². The fraction of sp³-hybridized carbons (Fsp3) is 0.290. The summed E-state index contributed by atoms with van der Waals surface area (Å²) in [6.45, 7) is 6.60. The molecule has 2 aromatic heterocycles. The van der Waals surface area contributed by atoms with Crippen LogP contribution in [0.4, 0.5) is 0 Å². The van der Waals surface area contributed by atoms with E-state index in [1.165, 1.54) is 5.56 Å². The van der Waals surface area contributed by atoms with E-state index in [1.54, 1.807) is 11.3 Å². The van der Waals surface area contributed by atoms with Gasteiger partial charge >= 0.3 is 0 Å². The highest BCUT2D eigenvalue weighted by Crippen LogP contribution is 2.32. The van der Waals surface area contributed by atoms with Gasteiger partial charge in [-0.3, -0.25) is 14.5 Å². The molecule has 0 spiro atoms. The molecule has 0 saturated carbocycles. The van der Waals surface area contributed by atoms with Crippen molar-refractivity contribution in [1.29, 1.82) is 0 Å². The molecule has 1 aliphatic heterocycles. The Bertz CT molecular complexity index is 1480. The van der Waals surface area contributed by atoms with Crippen LogP contribution in [0.15, 0.2) is 91.3 Å². The summed E-state index contributed by atoms with van der Waals surface area (Å²) in [5.41, 5.74) is 4.39. The molecule has 3 aromatic carbocycles. The minimum Gasteiger partial charge on any atom is -0.491 e. The topological polar surface area (TPSA) is 66.7 Å². The average Bonchev–Trinajstić information content (AvgIpc) is 3.64. The van der Waals surface area contributed by atoms with E-state index < -0.39 is 6.10 Å². The van der Waals surface area contributed by atoms with E-state index in [1.807, 2.05) is 53.3 Å². The van der Waals surface area contributed by atoms with Gasteiger partial charge in [0.2, 0.25) is 0 Å². The lowest BCUT2D eigenvalue weighted by Crippen LogP contribution is -2.49. The molecule has 5 aromatic rings. The van der Waals surface area contributed by atoms with Crippen molar-refractivity contribution in [1.82, 2.24) is 24.6 Å². The first kappa shape index (κ1) is 25.7. The maximum atomic E-state index is 10.6. The van der Waals surface area contributed by atoms with Crippen LogP contribution in [0.25, 0.3) is 31.9 Å². The van der Waals surface area contributed by atoms with Crippen LogP contribution in [-0.4, -0.2) is 81.7 Å². The third-order valence-electron chi connectivity index (χ3n) is 7.14. The molecule has 1 N–H and O–H groups in total. The minimum absolute atomic E-state index is 0.268. The summed E-state index contributed by atoms with van der Waals surface area (Å²) in [6, 6.07) is 26.6. The molecule has 8 heteroatoms. The molecule has 0 radical (unpaired) electrons. The van der Waals surface area contributed by atoms with Crippen LogP contribution >= 0.6 is 11.3 Å². The molecule has 0 amide bonds. The van der Waals surface area contributed by atoms with Gasteiger partial charge in [0, 0.05) is 62.7 Å². The third kappa shape index (κ3) is 6.54. The zero-order valence-corrected chi connectivity index (χ0v) is 22.7. The summed E-state index contributed by atoms with van der Waals surface area (Å²) in [6.07, 6.45) is 3.52. The summed E-state index contributed by atoms with van der Waals surface area (Å²) in [4.78, 5) is 9.57. The zero-order chi connectivity index (χ0) is 26.4. The monoisotopic (exact) mass is 539 g/mol. The number of aliphatic hydroxyl groups is 1. The van der Waals surface area contributed by atoms with Gasteiger partial charge in [-0.2, -0.15) is 5.10 Å². The third-order valence-corrected chi connectivity index (χ3v) is 8.23. The van der Waals surface area contributed by atoms with Crippen LogP contribution in [-0.2, 0) is 6.54 Å². The first-order chi connectivity index (χ1) is 19.2.